The Hall–Kier alpha value is -2.55. The van der Waals surface area contributed by atoms with E-state index in [9.17, 15) is 19.5 Å². The minimum Gasteiger partial charge on any atom is -0.493 e. The Kier molecular flexibility index (Phi) is 5.84. The van der Waals surface area contributed by atoms with Gasteiger partial charge < -0.3 is 14.6 Å². The summed E-state index contributed by atoms with van der Waals surface area (Å²) in [7, 11) is 0. The molecule has 1 N–H and O–H groups in total. The number of rotatable bonds is 4. The van der Waals surface area contributed by atoms with Gasteiger partial charge >= 0.3 is 0 Å². The topological polar surface area (TPSA) is 97.4 Å². The number of carbonyl (C=O) groups excluding carboxylic acids is 1. The molecule has 2 aromatic heterocycles. The number of pyridine rings is 1. The van der Waals surface area contributed by atoms with E-state index in [0.29, 0.717) is 24.8 Å². The molecule has 2 fully saturated rings. The van der Waals surface area contributed by atoms with E-state index < -0.39 is 0 Å². The highest BCUT2D eigenvalue weighted by Crippen LogP contribution is 2.36. The smallest absolute Gasteiger partial charge is 0.258 e. The van der Waals surface area contributed by atoms with Crippen LogP contribution >= 0.6 is 11.8 Å². The summed E-state index contributed by atoms with van der Waals surface area (Å²) in [5, 5.41) is 10.3. The van der Waals surface area contributed by atoms with E-state index in [-0.39, 0.29) is 46.5 Å². The van der Waals surface area contributed by atoms with Crippen LogP contribution in [0, 0.1) is 5.92 Å². The number of hydrogen-bond acceptors (Lipinski definition) is 6. The van der Waals surface area contributed by atoms with Crippen molar-refractivity contribution in [2.75, 3.05) is 18.8 Å². The third-order valence-electron chi connectivity index (χ3n) is 7.00. The van der Waals surface area contributed by atoms with E-state index in [1.807, 2.05) is 15.5 Å². The van der Waals surface area contributed by atoms with Gasteiger partial charge in [-0.3, -0.25) is 19.0 Å². The normalized spacial score (nSPS) is 23.1. The van der Waals surface area contributed by atoms with Crippen LogP contribution in [-0.2, 0) is 11.3 Å². The summed E-state index contributed by atoms with van der Waals surface area (Å²) in [6, 6.07) is 6.61. The highest BCUT2D eigenvalue weighted by molar-refractivity contribution is 7.99. The first-order valence-electron chi connectivity index (χ1n) is 11.4. The maximum Gasteiger partial charge on any atom is 0.258 e. The fourth-order valence-electron chi connectivity index (χ4n) is 5.55. The van der Waals surface area contributed by atoms with Crippen LogP contribution in [0.3, 0.4) is 0 Å². The molecule has 170 valence electrons. The zero-order valence-electron chi connectivity index (χ0n) is 18.0. The predicted octanol–water partition coefficient (Wildman–Crippen LogP) is 2.35. The largest absolute Gasteiger partial charge is 0.493 e. The monoisotopic (exact) mass is 456 g/mol. The lowest BCUT2D eigenvalue weighted by atomic mass is 9.83. The van der Waals surface area contributed by atoms with Gasteiger partial charge in [-0.2, -0.15) is 4.98 Å². The number of fused-ring (bicyclic) bond motifs is 4. The number of aromatic nitrogens is 3. The van der Waals surface area contributed by atoms with Gasteiger partial charge in [-0.15, -0.1) is 0 Å². The van der Waals surface area contributed by atoms with Crippen molar-refractivity contribution in [2.24, 2.45) is 5.92 Å². The number of hydrogen-bond donors (Lipinski definition) is 1. The summed E-state index contributed by atoms with van der Waals surface area (Å²) in [6.07, 6.45) is 6.15. The summed E-state index contributed by atoms with van der Waals surface area (Å²) in [5.74, 6) is 0.318. The first-order chi connectivity index (χ1) is 15.5. The van der Waals surface area contributed by atoms with Gasteiger partial charge in [0.25, 0.3) is 11.1 Å². The van der Waals surface area contributed by atoms with Gasteiger partial charge in [0.15, 0.2) is 5.16 Å². The van der Waals surface area contributed by atoms with Gasteiger partial charge in [-0.25, -0.2) is 0 Å². The number of thioether (sulfide) groups is 1. The average molecular weight is 457 g/mol. The Morgan fingerprint density at radius 2 is 1.91 bits per heavy atom. The quantitative estimate of drug-likeness (QED) is 0.560. The fraction of sp³-hybridized carbons (Fsp3) is 0.565. The maximum absolute atomic E-state index is 13.1. The first kappa shape index (κ1) is 21.3. The van der Waals surface area contributed by atoms with Crippen LogP contribution in [0.2, 0.25) is 0 Å². The predicted molar refractivity (Wildman–Crippen MR) is 121 cm³/mol. The molecule has 1 aliphatic carbocycles. The molecule has 1 saturated heterocycles. The van der Waals surface area contributed by atoms with Crippen molar-refractivity contribution < 1.29 is 9.90 Å². The van der Waals surface area contributed by atoms with Gasteiger partial charge in [-0.05, 0) is 31.2 Å². The van der Waals surface area contributed by atoms with E-state index in [4.69, 9.17) is 0 Å². The van der Waals surface area contributed by atoms with Gasteiger partial charge in [-0.1, -0.05) is 37.1 Å². The van der Waals surface area contributed by atoms with Crippen molar-refractivity contribution in [2.45, 2.75) is 62.2 Å². The summed E-state index contributed by atoms with van der Waals surface area (Å²) in [4.78, 5) is 44.0. The lowest BCUT2D eigenvalue weighted by Gasteiger charge is -2.42. The van der Waals surface area contributed by atoms with Crippen molar-refractivity contribution in [3.63, 3.8) is 0 Å². The Labute approximate surface area is 190 Å². The summed E-state index contributed by atoms with van der Waals surface area (Å²) in [5.41, 5.74) is 0.789. The van der Waals surface area contributed by atoms with Crippen molar-refractivity contribution in [1.29, 1.82) is 0 Å². The van der Waals surface area contributed by atoms with Crippen LogP contribution in [0.4, 0.5) is 0 Å². The van der Waals surface area contributed by atoms with Crippen LogP contribution in [0.1, 0.15) is 56.2 Å². The number of carbonyl (C=O) groups is 1. The van der Waals surface area contributed by atoms with Crippen LogP contribution < -0.4 is 11.1 Å². The van der Waals surface area contributed by atoms with Gasteiger partial charge in [0.2, 0.25) is 11.8 Å². The average Bonchev–Trinajstić information content (AvgIpc) is 2.78. The molecule has 1 saturated carbocycles. The second kappa shape index (κ2) is 8.77. The van der Waals surface area contributed by atoms with Gasteiger partial charge in [0.1, 0.15) is 0 Å². The molecular weight excluding hydrogens is 428 g/mol. The molecule has 9 heteroatoms. The van der Waals surface area contributed by atoms with E-state index in [0.717, 1.165) is 43.9 Å². The lowest BCUT2D eigenvalue weighted by Crippen LogP contribution is -2.49. The summed E-state index contributed by atoms with van der Waals surface area (Å²) in [6.45, 7) is 1.89. The number of likely N-dealkylation sites (tertiary alicyclic amines) is 1. The molecular formula is C23H28N4O4S. The molecule has 2 aromatic rings. The van der Waals surface area contributed by atoms with E-state index >= 15 is 0 Å². The molecule has 0 radical (unpaired) electrons. The number of piperidine rings is 1. The minimum absolute atomic E-state index is 0.00390. The molecule has 2 bridgehead atoms. The van der Waals surface area contributed by atoms with E-state index in [1.54, 1.807) is 16.7 Å². The van der Waals surface area contributed by atoms with Gasteiger partial charge in [0, 0.05) is 43.4 Å². The number of amides is 1. The minimum atomic E-state index is -0.299. The van der Waals surface area contributed by atoms with Crippen LogP contribution in [0.25, 0.3) is 0 Å². The summed E-state index contributed by atoms with van der Waals surface area (Å²) >= 11 is 1.23. The third-order valence-corrected chi connectivity index (χ3v) is 7.94. The molecule has 8 nitrogen and oxygen atoms in total. The van der Waals surface area contributed by atoms with Crippen molar-refractivity contribution in [1.82, 2.24) is 19.0 Å². The van der Waals surface area contributed by atoms with Crippen LogP contribution in [0.5, 0.6) is 5.88 Å². The molecule has 32 heavy (non-hydrogen) atoms. The Bertz CT molecular complexity index is 1140. The van der Waals surface area contributed by atoms with Crippen molar-refractivity contribution in [3.05, 3.63) is 50.7 Å². The zero-order chi connectivity index (χ0) is 22.2. The van der Waals surface area contributed by atoms with Crippen LogP contribution in [0.15, 0.2) is 39.0 Å². The highest BCUT2D eigenvalue weighted by Gasteiger charge is 2.36. The first-order valence-corrected chi connectivity index (χ1v) is 12.4. The zero-order valence-corrected chi connectivity index (χ0v) is 18.8. The molecule has 1 amide bonds. The third kappa shape index (κ3) is 4.10. The Morgan fingerprint density at radius 1 is 1.09 bits per heavy atom. The molecule has 5 rings (SSSR count). The summed E-state index contributed by atoms with van der Waals surface area (Å²) < 4.78 is 3.53. The van der Waals surface area contributed by atoms with E-state index in [1.165, 1.54) is 18.2 Å². The second-order valence-electron chi connectivity index (χ2n) is 9.18. The number of nitrogens with zero attached hydrogens (tertiary/aromatic N) is 4. The fourth-order valence-corrected chi connectivity index (χ4v) is 6.52. The maximum atomic E-state index is 13.1. The Balaban J connectivity index is 1.31. The molecule has 2 atom stereocenters. The van der Waals surface area contributed by atoms with Crippen LogP contribution in [-0.4, -0.2) is 48.9 Å². The lowest BCUT2D eigenvalue weighted by molar-refractivity contribution is -0.131. The molecule has 0 aromatic carbocycles. The molecule has 2 aliphatic heterocycles. The molecule has 0 unspecified atom stereocenters. The van der Waals surface area contributed by atoms with E-state index in [2.05, 4.69) is 4.98 Å². The van der Waals surface area contributed by atoms with Crippen molar-refractivity contribution >= 4 is 17.7 Å². The molecule has 4 heterocycles. The molecule has 3 aliphatic rings. The second-order valence-corrected chi connectivity index (χ2v) is 10.1. The standard InChI is InChI=1S/C23H28N4O4S/c28-19-10-21(30)27(17-5-2-1-3-6-17)23(24-19)32-14-22(31)25-11-15-9-16(13-25)18-7-4-8-20(29)26(18)12-15/h4,7-8,10,15-17,28H,1-3,5-6,9,11-14H2/t15-,16-/m0/s1. The highest BCUT2D eigenvalue weighted by atomic mass is 32.2. The number of aromatic hydroxyl groups is 1. The molecule has 0 spiro atoms. The van der Waals surface area contributed by atoms with Gasteiger partial charge in [0.05, 0.1) is 11.8 Å². The van der Waals surface area contributed by atoms with Crippen molar-refractivity contribution in [3.8, 4) is 5.88 Å². The Morgan fingerprint density at radius 3 is 2.72 bits per heavy atom. The SMILES string of the molecule is O=C(CSc1nc(O)cc(=O)n1C1CCCCC1)N1C[C@@H]2C[C@@H](C1)c1cccc(=O)n1C2.